The molecule has 29 heavy (non-hydrogen) atoms. The molecule has 1 aliphatic rings. The zero-order chi connectivity index (χ0) is 21.0. The highest BCUT2D eigenvalue weighted by Gasteiger charge is 2.31. The van der Waals surface area contributed by atoms with Crippen LogP contribution in [-0.2, 0) is 20.6 Å². The van der Waals surface area contributed by atoms with E-state index in [0.29, 0.717) is 41.9 Å². The molecule has 0 saturated carbocycles. The van der Waals surface area contributed by atoms with Crippen molar-refractivity contribution in [1.29, 1.82) is 0 Å². The van der Waals surface area contributed by atoms with Crippen molar-refractivity contribution in [1.82, 2.24) is 9.21 Å². The number of piperazine rings is 1. The van der Waals surface area contributed by atoms with E-state index in [1.54, 1.807) is 37.3 Å². The fourth-order valence-electron chi connectivity index (χ4n) is 3.26. The van der Waals surface area contributed by atoms with Gasteiger partial charge in [0.2, 0.25) is 15.9 Å². The van der Waals surface area contributed by atoms with Gasteiger partial charge in [-0.05, 0) is 24.6 Å². The SMILES string of the molecule is C[C@H](C(=O)Nc1c(Cl)cccc1Cl)N1CCN(S(=O)(=O)Cc2ccccc2)CC1. The normalized spacial score (nSPS) is 17.1. The molecule has 9 heteroatoms. The zero-order valence-corrected chi connectivity index (χ0v) is 18.3. The van der Waals surface area contributed by atoms with Gasteiger partial charge in [0.25, 0.3) is 0 Å². The molecule has 0 bridgehead atoms. The second kappa shape index (κ2) is 9.45. The monoisotopic (exact) mass is 455 g/mol. The minimum atomic E-state index is -3.39. The molecule has 0 radical (unpaired) electrons. The Morgan fingerprint density at radius 1 is 1.00 bits per heavy atom. The van der Waals surface area contributed by atoms with E-state index in [2.05, 4.69) is 5.32 Å². The summed E-state index contributed by atoms with van der Waals surface area (Å²) in [7, 11) is -3.39. The van der Waals surface area contributed by atoms with E-state index in [1.807, 2.05) is 23.1 Å². The van der Waals surface area contributed by atoms with Crippen molar-refractivity contribution in [2.75, 3.05) is 31.5 Å². The Kier molecular flexibility index (Phi) is 7.19. The number of rotatable bonds is 6. The molecule has 1 heterocycles. The zero-order valence-electron chi connectivity index (χ0n) is 16.0. The Balaban J connectivity index is 1.57. The highest BCUT2D eigenvalue weighted by Crippen LogP contribution is 2.30. The molecule has 1 aliphatic heterocycles. The molecule has 1 fully saturated rings. The first-order valence-corrected chi connectivity index (χ1v) is 11.6. The summed E-state index contributed by atoms with van der Waals surface area (Å²) in [6.45, 7) is 3.42. The number of carbonyl (C=O) groups excluding carboxylic acids is 1. The third kappa shape index (κ3) is 5.49. The lowest BCUT2D eigenvalue weighted by Gasteiger charge is -2.36. The fraction of sp³-hybridized carbons (Fsp3) is 0.350. The summed E-state index contributed by atoms with van der Waals surface area (Å²) in [4.78, 5) is 14.6. The number of carbonyl (C=O) groups is 1. The van der Waals surface area contributed by atoms with Crippen LogP contribution in [0.3, 0.4) is 0 Å². The number of anilines is 1. The molecule has 0 spiro atoms. The summed E-state index contributed by atoms with van der Waals surface area (Å²) in [5, 5.41) is 3.51. The first-order valence-electron chi connectivity index (χ1n) is 9.28. The van der Waals surface area contributed by atoms with Crippen molar-refractivity contribution in [3.05, 3.63) is 64.1 Å². The van der Waals surface area contributed by atoms with Gasteiger partial charge in [0, 0.05) is 26.2 Å². The van der Waals surface area contributed by atoms with Gasteiger partial charge in [-0.25, -0.2) is 8.42 Å². The number of para-hydroxylation sites is 1. The van der Waals surface area contributed by atoms with Crippen LogP contribution in [0.25, 0.3) is 0 Å². The summed E-state index contributed by atoms with van der Waals surface area (Å²) in [6, 6.07) is 13.7. The van der Waals surface area contributed by atoms with Crippen LogP contribution < -0.4 is 5.32 Å². The quantitative estimate of drug-likeness (QED) is 0.723. The highest BCUT2D eigenvalue weighted by molar-refractivity contribution is 7.88. The van der Waals surface area contributed by atoms with E-state index in [-0.39, 0.29) is 11.7 Å². The van der Waals surface area contributed by atoms with Crippen molar-refractivity contribution >= 4 is 44.8 Å². The van der Waals surface area contributed by atoms with Crippen molar-refractivity contribution in [3.63, 3.8) is 0 Å². The number of amides is 1. The lowest BCUT2D eigenvalue weighted by molar-refractivity contribution is -0.121. The fourth-order valence-corrected chi connectivity index (χ4v) is 5.26. The predicted octanol–water partition coefficient (Wildman–Crippen LogP) is 3.47. The molecule has 1 atom stereocenters. The van der Waals surface area contributed by atoms with E-state index in [9.17, 15) is 13.2 Å². The van der Waals surface area contributed by atoms with Crippen LogP contribution in [0.15, 0.2) is 48.5 Å². The van der Waals surface area contributed by atoms with Gasteiger partial charge in [0.15, 0.2) is 0 Å². The standard InChI is InChI=1S/C20H23Cl2N3O3S/c1-15(20(26)23-19-17(21)8-5-9-18(19)22)24-10-12-25(13-11-24)29(27,28)14-16-6-3-2-4-7-16/h2-9,15H,10-14H2,1H3,(H,23,26)/t15-/m1/s1. The molecule has 1 amide bonds. The summed E-state index contributed by atoms with van der Waals surface area (Å²) in [6.07, 6.45) is 0. The minimum Gasteiger partial charge on any atom is -0.322 e. The first kappa shape index (κ1) is 22.1. The lowest BCUT2D eigenvalue weighted by atomic mass is 10.2. The number of halogens is 2. The van der Waals surface area contributed by atoms with Crippen molar-refractivity contribution in [3.8, 4) is 0 Å². The van der Waals surface area contributed by atoms with E-state index < -0.39 is 16.1 Å². The van der Waals surface area contributed by atoms with Crippen molar-refractivity contribution in [2.24, 2.45) is 0 Å². The molecule has 6 nitrogen and oxygen atoms in total. The van der Waals surface area contributed by atoms with E-state index in [4.69, 9.17) is 23.2 Å². The van der Waals surface area contributed by atoms with Gasteiger partial charge in [-0.1, -0.05) is 59.6 Å². The summed E-state index contributed by atoms with van der Waals surface area (Å²) in [5.74, 6) is -0.255. The number of benzene rings is 2. The maximum Gasteiger partial charge on any atom is 0.241 e. The third-order valence-corrected chi connectivity index (χ3v) is 7.48. The highest BCUT2D eigenvalue weighted by atomic mass is 35.5. The van der Waals surface area contributed by atoms with Crippen LogP contribution in [0, 0.1) is 0 Å². The van der Waals surface area contributed by atoms with Gasteiger partial charge >= 0.3 is 0 Å². The predicted molar refractivity (Wildman–Crippen MR) is 117 cm³/mol. The number of nitrogens with one attached hydrogen (secondary N) is 1. The van der Waals surface area contributed by atoms with Gasteiger partial charge in [-0.3, -0.25) is 9.69 Å². The Labute approximate surface area is 181 Å². The molecule has 156 valence electrons. The molecule has 0 aliphatic carbocycles. The first-order chi connectivity index (χ1) is 13.8. The second-order valence-electron chi connectivity index (χ2n) is 6.94. The molecule has 0 aromatic heterocycles. The molecule has 1 saturated heterocycles. The van der Waals surface area contributed by atoms with Crippen LogP contribution in [0.2, 0.25) is 10.0 Å². The third-order valence-electron chi connectivity index (χ3n) is 5.00. The second-order valence-corrected chi connectivity index (χ2v) is 9.72. The van der Waals surface area contributed by atoms with Crippen LogP contribution >= 0.6 is 23.2 Å². The number of nitrogens with zero attached hydrogens (tertiary/aromatic N) is 2. The van der Waals surface area contributed by atoms with E-state index in [0.717, 1.165) is 5.56 Å². The molecule has 0 unspecified atom stereocenters. The maximum absolute atomic E-state index is 12.7. The van der Waals surface area contributed by atoms with Crippen LogP contribution in [-0.4, -0.2) is 55.8 Å². The van der Waals surface area contributed by atoms with Crippen molar-refractivity contribution in [2.45, 2.75) is 18.7 Å². The Bertz CT molecular complexity index is 942. The van der Waals surface area contributed by atoms with Gasteiger partial charge in [-0.2, -0.15) is 4.31 Å². The summed E-state index contributed by atoms with van der Waals surface area (Å²) < 4.78 is 26.9. The van der Waals surface area contributed by atoms with Crippen LogP contribution in [0.4, 0.5) is 5.69 Å². The maximum atomic E-state index is 12.7. The molecule has 2 aromatic rings. The van der Waals surface area contributed by atoms with E-state index >= 15 is 0 Å². The smallest absolute Gasteiger partial charge is 0.241 e. The molecular weight excluding hydrogens is 433 g/mol. The van der Waals surface area contributed by atoms with Crippen LogP contribution in [0.5, 0.6) is 0 Å². The number of sulfonamides is 1. The summed E-state index contributed by atoms with van der Waals surface area (Å²) in [5.41, 5.74) is 1.15. The average Bonchev–Trinajstić information content (AvgIpc) is 2.70. The Morgan fingerprint density at radius 2 is 1.59 bits per heavy atom. The topological polar surface area (TPSA) is 69.7 Å². The minimum absolute atomic E-state index is 0.0190. The van der Waals surface area contributed by atoms with Gasteiger partial charge in [-0.15, -0.1) is 0 Å². The molecule has 3 rings (SSSR count). The number of hydrogen-bond donors (Lipinski definition) is 1. The molecule has 1 N–H and O–H groups in total. The molecular formula is C20H23Cl2N3O3S. The number of hydrogen-bond acceptors (Lipinski definition) is 4. The van der Waals surface area contributed by atoms with Gasteiger partial charge in [0.05, 0.1) is 27.5 Å². The van der Waals surface area contributed by atoms with Gasteiger partial charge < -0.3 is 5.32 Å². The summed E-state index contributed by atoms with van der Waals surface area (Å²) >= 11 is 12.2. The average molecular weight is 456 g/mol. The van der Waals surface area contributed by atoms with Crippen LogP contribution in [0.1, 0.15) is 12.5 Å². The largest absolute Gasteiger partial charge is 0.322 e. The lowest BCUT2D eigenvalue weighted by Crippen LogP contribution is -2.54. The molecule has 2 aromatic carbocycles. The van der Waals surface area contributed by atoms with Gasteiger partial charge in [0.1, 0.15) is 0 Å². The Morgan fingerprint density at radius 3 is 2.17 bits per heavy atom. The Hall–Kier alpha value is -1.64. The van der Waals surface area contributed by atoms with Crippen molar-refractivity contribution < 1.29 is 13.2 Å². The van der Waals surface area contributed by atoms with E-state index in [1.165, 1.54) is 4.31 Å².